The molecule has 0 saturated heterocycles. The first-order chi connectivity index (χ1) is 25.1. The van der Waals surface area contributed by atoms with Gasteiger partial charge in [0.1, 0.15) is 0 Å². The van der Waals surface area contributed by atoms with E-state index in [-0.39, 0.29) is 5.41 Å². The molecule has 0 radical (unpaired) electrons. The summed E-state index contributed by atoms with van der Waals surface area (Å²) >= 11 is 0. The summed E-state index contributed by atoms with van der Waals surface area (Å²) in [5.74, 6) is -3.86. The van der Waals surface area contributed by atoms with E-state index in [1.807, 2.05) is 18.2 Å². The highest BCUT2D eigenvalue weighted by atomic mass is 19.2. The van der Waals surface area contributed by atoms with Gasteiger partial charge in [0.05, 0.1) is 5.69 Å². The number of fused-ring (bicyclic) bond motifs is 6. The van der Waals surface area contributed by atoms with Gasteiger partial charge in [0.25, 0.3) is 0 Å². The number of hydrogen-bond donors (Lipinski definition) is 0. The van der Waals surface area contributed by atoms with E-state index >= 15 is 0 Å². The van der Waals surface area contributed by atoms with Crippen molar-refractivity contribution < 1.29 is 13.2 Å². The van der Waals surface area contributed by atoms with Crippen LogP contribution in [-0.4, -0.2) is 0 Å². The minimum Gasteiger partial charge on any atom is -0.310 e. The standard InChI is InChI=1S/C48H36F3N/c1-47(2)38-18-10-8-16-35(38)36-23-21-31(27-40(36)47)52(44-20-11-9-15-33(44)29-13-6-5-7-14-29)32-22-24-37-41(28-32)48(3,4)39-19-12-17-34(45(37)39)30-25-42(49)46(51)43(50)26-30/h5-28H,1-4H3. The van der Waals surface area contributed by atoms with E-state index in [0.717, 1.165) is 62.6 Å². The smallest absolute Gasteiger partial charge is 0.194 e. The van der Waals surface area contributed by atoms with E-state index in [9.17, 15) is 13.2 Å². The molecule has 0 fully saturated rings. The van der Waals surface area contributed by atoms with Gasteiger partial charge in [0, 0.05) is 27.8 Å². The Balaban J connectivity index is 1.26. The number of nitrogens with zero attached hydrogens (tertiary/aromatic N) is 1. The summed E-state index contributed by atoms with van der Waals surface area (Å²) in [7, 11) is 0. The fourth-order valence-corrected chi connectivity index (χ4v) is 8.66. The first kappa shape index (κ1) is 32.1. The lowest BCUT2D eigenvalue weighted by molar-refractivity contribution is 0.448. The molecule has 0 unspecified atom stereocenters. The summed E-state index contributed by atoms with van der Waals surface area (Å²) in [4.78, 5) is 2.35. The predicted octanol–water partition coefficient (Wildman–Crippen LogP) is 13.5. The second-order valence-electron chi connectivity index (χ2n) is 15.0. The van der Waals surface area contributed by atoms with Crippen molar-refractivity contribution in [3.8, 4) is 44.5 Å². The zero-order valence-corrected chi connectivity index (χ0v) is 29.4. The maximum Gasteiger partial charge on any atom is 0.194 e. The fraction of sp³-hybridized carbons (Fsp3) is 0.125. The molecule has 9 rings (SSSR count). The minimum atomic E-state index is -1.46. The van der Waals surface area contributed by atoms with Crippen LogP contribution in [0.5, 0.6) is 0 Å². The third-order valence-corrected chi connectivity index (χ3v) is 11.3. The molecule has 0 atom stereocenters. The third kappa shape index (κ3) is 4.70. The lowest BCUT2D eigenvalue weighted by Gasteiger charge is -2.31. The molecule has 0 aromatic heterocycles. The SMILES string of the molecule is CC1(C)c2ccccc2-c2ccc(N(c3ccc4c(c3)C(C)(C)c3cccc(-c5cc(F)c(F)c(F)c5)c3-4)c3ccccc3-c3ccccc3)cc21. The molecule has 7 aromatic carbocycles. The van der Waals surface area contributed by atoms with E-state index in [1.165, 1.54) is 22.3 Å². The summed E-state index contributed by atoms with van der Waals surface area (Å²) in [6.45, 7) is 8.98. The summed E-state index contributed by atoms with van der Waals surface area (Å²) in [5, 5.41) is 0. The highest BCUT2D eigenvalue weighted by Gasteiger charge is 2.39. The average molecular weight is 684 g/mol. The Hall–Kier alpha value is -5.87. The van der Waals surface area contributed by atoms with Gasteiger partial charge in [0.2, 0.25) is 0 Å². The summed E-state index contributed by atoms with van der Waals surface area (Å²) in [6.07, 6.45) is 0. The molecule has 2 aliphatic rings. The molecule has 0 bridgehead atoms. The van der Waals surface area contributed by atoms with Crippen molar-refractivity contribution in [1.82, 2.24) is 0 Å². The molecule has 0 amide bonds. The van der Waals surface area contributed by atoms with Crippen molar-refractivity contribution in [3.63, 3.8) is 0 Å². The van der Waals surface area contributed by atoms with Crippen molar-refractivity contribution in [2.24, 2.45) is 0 Å². The first-order valence-corrected chi connectivity index (χ1v) is 17.7. The van der Waals surface area contributed by atoms with Gasteiger partial charge in [0.15, 0.2) is 17.5 Å². The van der Waals surface area contributed by atoms with Crippen molar-refractivity contribution in [2.75, 3.05) is 4.90 Å². The van der Waals surface area contributed by atoms with E-state index in [2.05, 4.69) is 148 Å². The van der Waals surface area contributed by atoms with Crippen LogP contribution in [-0.2, 0) is 10.8 Å². The largest absolute Gasteiger partial charge is 0.310 e. The Labute approximate surface area is 302 Å². The quantitative estimate of drug-likeness (QED) is 0.163. The Kier molecular flexibility index (Phi) is 7.14. The molecule has 254 valence electrons. The van der Waals surface area contributed by atoms with Crippen LogP contribution in [0.25, 0.3) is 44.5 Å². The molecule has 0 spiro atoms. The summed E-state index contributed by atoms with van der Waals surface area (Å²) in [6, 6.07) is 49.0. The van der Waals surface area contributed by atoms with Gasteiger partial charge in [-0.2, -0.15) is 0 Å². The van der Waals surface area contributed by atoms with Crippen LogP contribution >= 0.6 is 0 Å². The third-order valence-electron chi connectivity index (χ3n) is 11.3. The number of rotatable bonds is 5. The monoisotopic (exact) mass is 683 g/mol. The van der Waals surface area contributed by atoms with Crippen molar-refractivity contribution in [1.29, 1.82) is 0 Å². The predicted molar refractivity (Wildman–Crippen MR) is 207 cm³/mol. The van der Waals surface area contributed by atoms with Gasteiger partial charge in [-0.1, -0.05) is 131 Å². The molecular weight excluding hydrogens is 648 g/mol. The Bertz CT molecular complexity index is 2540. The molecule has 2 aliphatic carbocycles. The Morgan fingerprint density at radius 3 is 1.63 bits per heavy atom. The summed E-state index contributed by atoms with van der Waals surface area (Å²) in [5.41, 5.74) is 14.9. The molecular formula is C48H36F3N. The molecule has 52 heavy (non-hydrogen) atoms. The van der Waals surface area contributed by atoms with Gasteiger partial charge >= 0.3 is 0 Å². The lowest BCUT2D eigenvalue weighted by atomic mass is 9.81. The topological polar surface area (TPSA) is 3.24 Å². The van der Waals surface area contributed by atoms with E-state index in [4.69, 9.17) is 0 Å². The number of halogens is 3. The second-order valence-corrected chi connectivity index (χ2v) is 15.0. The maximum absolute atomic E-state index is 14.5. The molecule has 0 saturated carbocycles. The maximum atomic E-state index is 14.5. The van der Waals surface area contributed by atoms with E-state index in [1.54, 1.807) is 0 Å². The van der Waals surface area contributed by atoms with Gasteiger partial charge in [-0.15, -0.1) is 0 Å². The molecule has 0 heterocycles. The van der Waals surface area contributed by atoms with Crippen LogP contribution in [0.3, 0.4) is 0 Å². The number of benzene rings is 7. The van der Waals surface area contributed by atoms with Crippen LogP contribution in [0, 0.1) is 17.5 Å². The molecule has 0 N–H and O–H groups in total. The van der Waals surface area contributed by atoms with Crippen LogP contribution in [0.4, 0.5) is 30.2 Å². The first-order valence-electron chi connectivity index (χ1n) is 17.7. The minimum absolute atomic E-state index is 0.177. The Morgan fingerprint density at radius 2 is 0.923 bits per heavy atom. The number of para-hydroxylation sites is 1. The number of hydrogen-bond acceptors (Lipinski definition) is 1. The molecule has 4 heteroatoms. The van der Waals surface area contributed by atoms with Gasteiger partial charge in [-0.3, -0.25) is 0 Å². The Morgan fingerprint density at radius 1 is 0.404 bits per heavy atom. The second kappa shape index (κ2) is 11.6. The normalized spacial score (nSPS) is 14.4. The van der Waals surface area contributed by atoms with Crippen molar-refractivity contribution in [3.05, 3.63) is 185 Å². The van der Waals surface area contributed by atoms with Gasteiger partial charge in [-0.05, 0) is 104 Å². The number of anilines is 3. The molecule has 7 aromatic rings. The van der Waals surface area contributed by atoms with Crippen LogP contribution < -0.4 is 4.90 Å². The van der Waals surface area contributed by atoms with Gasteiger partial charge in [-0.25, -0.2) is 13.2 Å². The zero-order chi connectivity index (χ0) is 35.9. The zero-order valence-electron chi connectivity index (χ0n) is 29.4. The highest BCUT2D eigenvalue weighted by molar-refractivity contribution is 5.96. The van der Waals surface area contributed by atoms with Crippen LogP contribution in [0.1, 0.15) is 49.9 Å². The van der Waals surface area contributed by atoms with E-state index in [0.29, 0.717) is 11.1 Å². The van der Waals surface area contributed by atoms with Crippen molar-refractivity contribution in [2.45, 2.75) is 38.5 Å². The van der Waals surface area contributed by atoms with Crippen molar-refractivity contribution >= 4 is 17.1 Å². The molecule has 1 nitrogen and oxygen atoms in total. The highest BCUT2D eigenvalue weighted by Crippen LogP contribution is 2.55. The average Bonchev–Trinajstić information content (AvgIpc) is 3.53. The fourth-order valence-electron chi connectivity index (χ4n) is 8.66. The van der Waals surface area contributed by atoms with Gasteiger partial charge < -0.3 is 4.90 Å². The van der Waals surface area contributed by atoms with E-state index < -0.39 is 22.9 Å². The van der Waals surface area contributed by atoms with Crippen LogP contribution in [0.2, 0.25) is 0 Å². The molecule has 0 aliphatic heterocycles. The summed E-state index contributed by atoms with van der Waals surface area (Å²) < 4.78 is 43.1. The lowest BCUT2D eigenvalue weighted by Crippen LogP contribution is -2.18. The van der Waals surface area contributed by atoms with Crippen LogP contribution in [0.15, 0.2) is 146 Å².